The Morgan fingerprint density at radius 3 is 3.10 bits per heavy atom. The Kier molecular flexibility index (Phi) is 5.49. The predicted molar refractivity (Wildman–Crippen MR) is 84.4 cm³/mol. The first-order valence-corrected chi connectivity index (χ1v) is 7.22. The molecule has 0 bridgehead atoms. The SMILES string of the molecule is Cl.O=C(Nc1nnc(/C=C/c2ccco2)s1)C1CCCN1. The smallest absolute Gasteiger partial charge is 0.243 e. The van der Waals surface area contributed by atoms with Crippen LogP contribution in [0.2, 0.25) is 0 Å². The van der Waals surface area contributed by atoms with Crippen LogP contribution in [0.1, 0.15) is 23.6 Å². The molecule has 8 heteroatoms. The average Bonchev–Trinajstić information content (AvgIpc) is 3.19. The molecule has 0 saturated carbocycles. The van der Waals surface area contributed by atoms with Gasteiger partial charge in [-0.05, 0) is 43.7 Å². The molecule has 6 nitrogen and oxygen atoms in total. The fourth-order valence-electron chi connectivity index (χ4n) is 1.99. The number of furan rings is 1. The van der Waals surface area contributed by atoms with Crippen LogP contribution in [0.15, 0.2) is 22.8 Å². The maximum absolute atomic E-state index is 11.9. The predicted octanol–water partition coefficient (Wildman–Crippen LogP) is 2.41. The maximum Gasteiger partial charge on any atom is 0.243 e. The van der Waals surface area contributed by atoms with Crippen LogP contribution in [0.4, 0.5) is 5.13 Å². The van der Waals surface area contributed by atoms with Crippen LogP contribution in [0.25, 0.3) is 12.2 Å². The van der Waals surface area contributed by atoms with E-state index in [1.165, 1.54) is 11.3 Å². The zero-order valence-electron chi connectivity index (χ0n) is 11.1. The van der Waals surface area contributed by atoms with Gasteiger partial charge in [0.05, 0.1) is 12.3 Å². The van der Waals surface area contributed by atoms with Gasteiger partial charge in [0.2, 0.25) is 11.0 Å². The molecule has 3 rings (SSSR count). The number of nitrogens with zero attached hydrogens (tertiary/aromatic N) is 2. The average molecular weight is 327 g/mol. The van der Waals surface area contributed by atoms with Gasteiger partial charge in [-0.1, -0.05) is 11.3 Å². The second-order valence-corrected chi connectivity index (χ2v) is 5.44. The zero-order chi connectivity index (χ0) is 13.8. The van der Waals surface area contributed by atoms with Crippen LogP contribution in [0.3, 0.4) is 0 Å². The van der Waals surface area contributed by atoms with Crippen molar-refractivity contribution in [2.24, 2.45) is 0 Å². The van der Waals surface area contributed by atoms with Gasteiger partial charge in [-0.15, -0.1) is 22.6 Å². The Balaban J connectivity index is 0.00000161. The van der Waals surface area contributed by atoms with E-state index in [2.05, 4.69) is 20.8 Å². The van der Waals surface area contributed by atoms with E-state index < -0.39 is 0 Å². The Morgan fingerprint density at radius 1 is 1.48 bits per heavy atom. The Morgan fingerprint density at radius 2 is 2.38 bits per heavy atom. The molecule has 0 aliphatic carbocycles. The highest BCUT2D eigenvalue weighted by Crippen LogP contribution is 2.18. The van der Waals surface area contributed by atoms with E-state index in [0.29, 0.717) is 5.13 Å². The minimum Gasteiger partial charge on any atom is -0.465 e. The third-order valence-corrected chi connectivity index (χ3v) is 3.78. The molecule has 112 valence electrons. The van der Waals surface area contributed by atoms with Gasteiger partial charge < -0.3 is 9.73 Å². The summed E-state index contributed by atoms with van der Waals surface area (Å²) in [4.78, 5) is 11.9. The second-order valence-electron chi connectivity index (χ2n) is 4.43. The molecule has 1 aliphatic heterocycles. The molecule has 1 aliphatic rings. The Bertz CT molecular complexity index is 605. The molecule has 2 aromatic heterocycles. The number of anilines is 1. The quantitative estimate of drug-likeness (QED) is 0.902. The summed E-state index contributed by atoms with van der Waals surface area (Å²) in [5.41, 5.74) is 0. The number of hydrogen-bond donors (Lipinski definition) is 2. The second kappa shape index (κ2) is 7.35. The number of nitrogens with one attached hydrogen (secondary N) is 2. The lowest BCUT2D eigenvalue weighted by Crippen LogP contribution is -2.35. The molecule has 1 amide bonds. The monoisotopic (exact) mass is 326 g/mol. The molecule has 0 aromatic carbocycles. The first-order valence-electron chi connectivity index (χ1n) is 6.40. The lowest BCUT2D eigenvalue weighted by molar-refractivity contribution is -0.117. The maximum atomic E-state index is 11.9. The molecule has 1 saturated heterocycles. The number of aromatic nitrogens is 2. The van der Waals surface area contributed by atoms with Crippen LogP contribution in [0, 0.1) is 0 Å². The zero-order valence-corrected chi connectivity index (χ0v) is 12.7. The van der Waals surface area contributed by atoms with E-state index in [9.17, 15) is 4.79 Å². The lowest BCUT2D eigenvalue weighted by Gasteiger charge is -2.07. The number of amides is 1. The first-order chi connectivity index (χ1) is 9.81. The van der Waals surface area contributed by atoms with Gasteiger partial charge in [-0.3, -0.25) is 10.1 Å². The van der Waals surface area contributed by atoms with E-state index in [1.807, 2.05) is 18.2 Å². The van der Waals surface area contributed by atoms with Crippen LogP contribution >= 0.6 is 23.7 Å². The van der Waals surface area contributed by atoms with Crippen LogP contribution in [-0.2, 0) is 4.79 Å². The summed E-state index contributed by atoms with van der Waals surface area (Å²) >= 11 is 1.33. The molecular formula is C13H15ClN4O2S. The van der Waals surface area contributed by atoms with Crippen molar-refractivity contribution in [1.82, 2.24) is 15.5 Å². The van der Waals surface area contributed by atoms with Gasteiger partial charge in [-0.25, -0.2) is 0 Å². The molecule has 0 radical (unpaired) electrons. The van der Waals surface area contributed by atoms with E-state index in [1.54, 1.807) is 12.3 Å². The van der Waals surface area contributed by atoms with Crippen molar-refractivity contribution in [2.45, 2.75) is 18.9 Å². The fraction of sp³-hybridized carbons (Fsp3) is 0.308. The Labute approximate surface area is 132 Å². The molecule has 1 unspecified atom stereocenters. The topological polar surface area (TPSA) is 80.1 Å². The Hall–Kier alpha value is -1.70. The standard InChI is InChI=1S/C13H14N4O2S.ClH/c18-12(10-4-1-7-14-10)15-13-17-16-11(20-13)6-5-9-3-2-8-19-9;/h2-3,5-6,8,10,14H,1,4,7H2,(H,15,17,18);1H/b6-5+;. The number of rotatable bonds is 4. The van der Waals surface area contributed by atoms with Gasteiger partial charge in [0.15, 0.2) is 0 Å². The molecule has 2 N–H and O–H groups in total. The van der Waals surface area contributed by atoms with Crippen molar-refractivity contribution in [3.05, 3.63) is 29.2 Å². The summed E-state index contributed by atoms with van der Waals surface area (Å²) in [5.74, 6) is 0.709. The lowest BCUT2D eigenvalue weighted by atomic mass is 10.2. The third-order valence-electron chi connectivity index (χ3n) is 2.98. The van der Waals surface area contributed by atoms with Crippen molar-refractivity contribution >= 4 is 46.9 Å². The summed E-state index contributed by atoms with van der Waals surface area (Å²) in [6.45, 7) is 0.894. The largest absolute Gasteiger partial charge is 0.465 e. The van der Waals surface area contributed by atoms with Gasteiger partial charge in [-0.2, -0.15) is 0 Å². The van der Waals surface area contributed by atoms with Crippen LogP contribution in [0.5, 0.6) is 0 Å². The highest BCUT2D eigenvalue weighted by Gasteiger charge is 2.22. The summed E-state index contributed by atoms with van der Waals surface area (Å²) in [5, 5.41) is 15.1. The minimum atomic E-state index is -0.110. The van der Waals surface area contributed by atoms with Gasteiger partial charge in [0.25, 0.3) is 0 Å². The molecule has 21 heavy (non-hydrogen) atoms. The normalized spacial score (nSPS) is 17.8. The summed E-state index contributed by atoms with van der Waals surface area (Å²) in [7, 11) is 0. The van der Waals surface area contributed by atoms with E-state index in [0.717, 1.165) is 30.2 Å². The van der Waals surface area contributed by atoms with E-state index in [-0.39, 0.29) is 24.4 Å². The van der Waals surface area contributed by atoms with Crippen molar-refractivity contribution in [2.75, 3.05) is 11.9 Å². The van der Waals surface area contributed by atoms with E-state index >= 15 is 0 Å². The summed E-state index contributed by atoms with van der Waals surface area (Å²) in [6.07, 6.45) is 7.13. The molecule has 0 spiro atoms. The first kappa shape index (κ1) is 15.7. The highest BCUT2D eigenvalue weighted by atomic mass is 35.5. The van der Waals surface area contributed by atoms with E-state index in [4.69, 9.17) is 4.42 Å². The highest BCUT2D eigenvalue weighted by molar-refractivity contribution is 7.16. The molecule has 2 aromatic rings. The summed E-state index contributed by atoms with van der Waals surface area (Å²) < 4.78 is 5.19. The van der Waals surface area contributed by atoms with Crippen LogP contribution in [-0.4, -0.2) is 28.7 Å². The molecular weight excluding hydrogens is 312 g/mol. The van der Waals surface area contributed by atoms with Gasteiger partial charge >= 0.3 is 0 Å². The molecule has 3 heterocycles. The fourth-order valence-corrected chi connectivity index (χ4v) is 2.64. The van der Waals surface area contributed by atoms with Crippen molar-refractivity contribution in [3.63, 3.8) is 0 Å². The number of halogens is 1. The molecule has 1 fully saturated rings. The van der Waals surface area contributed by atoms with Crippen molar-refractivity contribution in [1.29, 1.82) is 0 Å². The van der Waals surface area contributed by atoms with Crippen molar-refractivity contribution in [3.8, 4) is 0 Å². The summed E-state index contributed by atoms with van der Waals surface area (Å²) in [6, 6.07) is 3.56. The number of carbonyl (C=O) groups excluding carboxylic acids is 1. The number of hydrogen-bond acceptors (Lipinski definition) is 6. The van der Waals surface area contributed by atoms with Gasteiger partial charge in [0, 0.05) is 0 Å². The minimum absolute atomic E-state index is 0. The van der Waals surface area contributed by atoms with Crippen LogP contribution < -0.4 is 10.6 Å². The number of carbonyl (C=O) groups is 1. The van der Waals surface area contributed by atoms with Crippen molar-refractivity contribution < 1.29 is 9.21 Å². The molecule has 1 atom stereocenters. The third kappa shape index (κ3) is 4.13. The van der Waals surface area contributed by atoms with Gasteiger partial charge in [0.1, 0.15) is 10.8 Å².